The third-order valence-corrected chi connectivity index (χ3v) is 3.71. The van der Waals surface area contributed by atoms with Crippen LogP contribution in [-0.2, 0) is 4.79 Å². The van der Waals surface area contributed by atoms with Crippen LogP contribution in [0.1, 0.15) is 11.1 Å². The van der Waals surface area contributed by atoms with Gasteiger partial charge in [0.25, 0.3) is 5.91 Å². The van der Waals surface area contributed by atoms with E-state index in [-0.39, 0.29) is 5.91 Å². The van der Waals surface area contributed by atoms with E-state index in [0.717, 1.165) is 21.3 Å². The molecule has 0 saturated heterocycles. The third kappa shape index (κ3) is 3.09. The molecule has 0 unspecified atom stereocenters. The van der Waals surface area contributed by atoms with Gasteiger partial charge in [0.05, 0.1) is 7.11 Å². The van der Waals surface area contributed by atoms with Crippen LogP contribution in [-0.4, -0.2) is 18.9 Å². The lowest BCUT2D eigenvalue weighted by atomic mass is 10.2. The Labute approximate surface area is 136 Å². The van der Waals surface area contributed by atoms with Crippen LogP contribution in [0.4, 0.5) is 0 Å². The fourth-order valence-corrected chi connectivity index (χ4v) is 2.53. The summed E-state index contributed by atoms with van der Waals surface area (Å²) in [6.45, 7) is 0. The van der Waals surface area contributed by atoms with E-state index >= 15 is 0 Å². The van der Waals surface area contributed by atoms with Crippen molar-refractivity contribution < 1.29 is 9.53 Å². The van der Waals surface area contributed by atoms with E-state index in [2.05, 4.69) is 26.2 Å². The van der Waals surface area contributed by atoms with Crippen molar-refractivity contribution in [1.29, 1.82) is 0 Å². The molecule has 0 aliphatic carbocycles. The van der Waals surface area contributed by atoms with E-state index in [9.17, 15) is 4.79 Å². The molecular formula is C17H13BrN2O2. The van der Waals surface area contributed by atoms with Crippen LogP contribution in [0.2, 0.25) is 0 Å². The zero-order chi connectivity index (χ0) is 15.5. The lowest BCUT2D eigenvalue weighted by Crippen LogP contribution is -2.24. The van der Waals surface area contributed by atoms with Crippen molar-refractivity contribution in [1.82, 2.24) is 5.32 Å². The van der Waals surface area contributed by atoms with Gasteiger partial charge in [0, 0.05) is 10.0 Å². The summed E-state index contributed by atoms with van der Waals surface area (Å²) in [5.74, 6) is 1.11. The number of carbonyl (C=O) groups is 1. The fourth-order valence-electron chi connectivity index (χ4n) is 2.11. The first-order chi connectivity index (χ1) is 10.7. The number of amidine groups is 1. The summed E-state index contributed by atoms with van der Waals surface area (Å²) in [6, 6.07) is 15.1. The summed E-state index contributed by atoms with van der Waals surface area (Å²) in [5, 5.41) is 2.78. The molecule has 4 nitrogen and oxygen atoms in total. The molecule has 0 saturated carbocycles. The molecule has 0 atom stereocenters. The van der Waals surface area contributed by atoms with Crippen LogP contribution in [0.5, 0.6) is 5.75 Å². The van der Waals surface area contributed by atoms with Crippen LogP contribution in [0.25, 0.3) is 6.08 Å². The number of carbonyl (C=O) groups excluding carboxylic acids is 1. The van der Waals surface area contributed by atoms with Gasteiger partial charge in [-0.15, -0.1) is 0 Å². The van der Waals surface area contributed by atoms with Crippen molar-refractivity contribution in [3.05, 3.63) is 69.8 Å². The molecule has 3 rings (SSSR count). The number of nitrogens with one attached hydrogen (secondary N) is 1. The van der Waals surface area contributed by atoms with Gasteiger partial charge in [-0.1, -0.05) is 28.1 Å². The molecule has 0 fully saturated rings. The molecule has 0 aromatic heterocycles. The molecule has 1 N–H and O–H groups in total. The van der Waals surface area contributed by atoms with E-state index in [1.165, 1.54) is 0 Å². The molecular weight excluding hydrogens is 344 g/mol. The van der Waals surface area contributed by atoms with Crippen LogP contribution >= 0.6 is 15.9 Å². The number of nitrogens with zero attached hydrogens (tertiary/aromatic N) is 1. The Morgan fingerprint density at radius 1 is 1.18 bits per heavy atom. The molecule has 1 amide bonds. The number of ether oxygens (including phenoxy) is 1. The minimum absolute atomic E-state index is 0.203. The average molecular weight is 357 g/mol. The smallest absolute Gasteiger partial charge is 0.275 e. The van der Waals surface area contributed by atoms with Gasteiger partial charge in [-0.2, -0.15) is 0 Å². The number of hydrogen-bond donors (Lipinski definition) is 1. The van der Waals surface area contributed by atoms with Crippen molar-refractivity contribution in [2.75, 3.05) is 7.11 Å². The van der Waals surface area contributed by atoms with E-state index in [4.69, 9.17) is 4.74 Å². The zero-order valence-corrected chi connectivity index (χ0v) is 13.4. The predicted octanol–water partition coefficient (Wildman–Crippen LogP) is 3.38. The van der Waals surface area contributed by atoms with E-state index in [1.807, 2.05) is 48.5 Å². The number of aliphatic imine (C=N–C) groups is 1. The summed E-state index contributed by atoms with van der Waals surface area (Å²) < 4.78 is 6.08. The number of hydrogen-bond acceptors (Lipinski definition) is 3. The molecule has 2 aromatic rings. The predicted molar refractivity (Wildman–Crippen MR) is 89.8 cm³/mol. The van der Waals surface area contributed by atoms with Crippen molar-refractivity contribution >= 4 is 33.7 Å². The topological polar surface area (TPSA) is 50.7 Å². The maximum atomic E-state index is 12.0. The van der Waals surface area contributed by atoms with Gasteiger partial charge in [0.2, 0.25) is 0 Å². The first-order valence-electron chi connectivity index (χ1n) is 6.67. The van der Waals surface area contributed by atoms with Crippen LogP contribution in [0.3, 0.4) is 0 Å². The summed E-state index contributed by atoms with van der Waals surface area (Å²) in [6.07, 6.45) is 1.76. The first kappa shape index (κ1) is 14.5. The van der Waals surface area contributed by atoms with Crippen LogP contribution in [0.15, 0.2) is 63.7 Å². The number of methoxy groups -OCH3 is 1. The third-order valence-electron chi connectivity index (χ3n) is 3.21. The molecule has 1 heterocycles. The highest BCUT2D eigenvalue weighted by atomic mass is 79.9. The molecule has 110 valence electrons. The second kappa shape index (κ2) is 6.15. The van der Waals surface area contributed by atoms with E-state index in [0.29, 0.717) is 11.5 Å². The minimum atomic E-state index is -0.203. The molecule has 0 bridgehead atoms. The second-order valence-corrected chi connectivity index (χ2v) is 5.64. The molecule has 2 aromatic carbocycles. The number of halogens is 1. The van der Waals surface area contributed by atoms with Crippen molar-refractivity contribution in [3.63, 3.8) is 0 Å². The van der Waals surface area contributed by atoms with Gasteiger partial charge in [0.1, 0.15) is 17.3 Å². The molecule has 5 heteroatoms. The SMILES string of the molecule is COc1ccc(C2=N/C(=C/c3cccc(Br)c3)C(=O)N2)cc1. The van der Waals surface area contributed by atoms with Gasteiger partial charge in [-0.3, -0.25) is 4.79 Å². The Bertz CT molecular complexity index is 780. The molecule has 22 heavy (non-hydrogen) atoms. The monoisotopic (exact) mass is 356 g/mol. The largest absolute Gasteiger partial charge is 0.497 e. The van der Waals surface area contributed by atoms with Gasteiger partial charge in [0.15, 0.2) is 0 Å². The lowest BCUT2D eigenvalue weighted by molar-refractivity contribution is -0.115. The molecule has 0 radical (unpaired) electrons. The highest BCUT2D eigenvalue weighted by Crippen LogP contribution is 2.19. The lowest BCUT2D eigenvalue weighted by Gasteiger charge is -2.02. The first-order valence-corrected chi connectivity index (χ1v) is 7.47. The maximum absolute atomic E-state index is 12.0. The van der Waals surface area contributed by atoms with Crippen LogP contribution in [0, 0.1) is 0 Å². The standard InChI is InChI=1S/C17H13BrN2O2/c1-22-14-7-5-12(6-8-14)16-19-15(17(21)20-16)10-11-3-2-4-13(18)9-11/h2-10H,1H3,(H,19,20,21)/b15-10+. The summed E-state index contributed by atoms with van der Waals surface area (Å²) in [5.41, 5.74) is 2.15. The van der Waals surface area contributed by atoms with Gasteiger partial charge in [-0.25, -0.2) is 4.99 Å². The highest BCUT2D eigenvalue weighted by Gasteiger charge is 2.21. The molecule has 1 aliphatic rings. The quantitative estimate of drug-likeness (QED) is 0.857. The Morgan fingerprint density at radius 2 is 1.95 bits per heavy atom. The highest BCUT2D eigenvalue weighted by molar-refractivity contribution is 9.10. The van der Waals surface area contributed by atoms with Gasteiger partial charge < -0.3 is 10.1 Å². The minimum Gasteiger partial charge on any atom is -0.497 e. The Morgan fingerprint density at radius 3 is 2.64 bits per heavy atom. The Hall–Kier alpha value is -2.40. The number of benzene rings is 2. The molecule has 1 aliphatic heterocycles. The van der Waals surface area contributed by atoms with E-state index < -0.39 is 0 Å². The van der Waals surface area contributed by atoms with Gasteiger partial charge in [-0.05, 0) is 48.0 Å². The molecule has 0 spiro atoms. The van der Waals surface area contributed by atoms with Crippen molar-refractivity contribution in [2.24, 2.45) is 4.99 Å². The number of rotatable bonds is 3. The Kier molecular flexibility index (Phi) is 4.06. The van der Waals surface area contributed by atoms with Crippen molar-refractivity contribution in [3.8, 4) is 5.75 Å². The van der Waals surface area contributed by atoms with Gasteiger partial charge >= 0.3 is 0 Å². The summed E-state index contributed by atoms with van der Waals surface area (Å²) >= 11 is 3.41. The second-order valence-electron chi connectivity index (χ2n) is 4.73. The van der Waals surface area contributed by atoms with Crippen molar-refractivity contribution in [2.45, 2.75) is 0 Å². The number of amides is 1. The Balaban J connectivity index is 1.90. The maximum Gasteiger partial charge on any atom is 0.275 e. The normalized spacial score (nSPS) is 15.6. The fraction of sp³-hybridized carbons (Fsp3) is 0.0588. The van der Waals surface area contributed by atoms with E-state index in [1.54, 1.807) is 13.2 Å². The zero-order valence-electron chi connectivity index (χ0n) is 11.8. The van der Waals surface area contributed by atoms with Crippen LogP contribution < -0.4 is 10.1 Å². The summed E-state index contributed by atoms with van der Waals surface area (Å²) in [4.78, 5) is 16.4. The average Bonchev–Trinajstić information content (AvgIpc) is 2.88. The summed E-state index contributed by atoms with van der Waals surface area (Å²) in [7, 11) is 1.61.